The van der Waals surface area contributed by atoms with Crippen molar-refractivity contribution in [2.24, 2.45) is 29.0 Å². The minimum atomic E-state index is -0.450. The van der Waals surface area contributed by atoms with Crippen molar-refractivity contribution < 1.29 is 9.47 Å². The molecule has 0 amide bonds. The predicted octanol–water partition coefficient (Wildman–Crippen LogP) is 0.0218. The van der Waals surface area contributed by atoms with E-state index in [2.05, 4.69) is 13.8 Å². The molecule has 0 bridgehead atoms. The maximum absolute atomic E-state index is 6.21. The van der Waals surface area contributed by atoms with Gasteiger partial charge in [0.1, 0.15) is 0 Å². The first-order valence-electron chi connectivity index (χ1n) is 6.40. The molecule has 0 saturated carbocycles. The van der Waals surface area contributed by atoms with Gasteiger partial charge in [-0.25, -0.2) is 0 Å². The van der Waals surface area contributed by atoms with E-state index in [1.807, 2.05) is 13.8 Å². The molecular formula is C12H27N3O2. The van der Waals surface area contributed by atoms with Gasteiger partial charge in [0.05, 0.1) is 18.2 Å². The molecule has 5 atom stereocenters. The summed E-state index contributed by atoms with van der Waals surface area (Å²) in [6, 6.07) is -0.436. The normalized spacial score (nSPS) is 39.0. The highest BCUT2D eigenvalue weighted by atomic mass is 16.7. The van der Waals surface area contributed by atoms with Crippen LogP contribution in [0.3, 0.4) is 0 Å². The van der Waals surface area contributed by atoms with Crippen molar-refractivity contribution in [2.75, 3.05) is 6.54 Å². The van der Waals surface area contributed by atoms with E-state index in [-0.39, 0.29) is 30.2 Å². The summed E-state index contributed by atoms with van der Waals surface area (Å²) in [5.41, 5.74) is 18.1. The Kier molecular flexibility index (Phi) is 5.34. The minimum Gasteiger partial charge on any atom is -0.348 e. The zero-order valence-electron chi connectivity index (χ0n) is 11.3. The Hall–Kier alpha value is -0.200. The van der Waals surface area contributed by atoms with Crippen molar-refractivity contribution in [3.63, 3.8) is 0 Å². The molecule has 1 rings (SSSR count). The second-order valence-corrected chi connectivity index (χ2v) is 5.44. The second-order valence-electron chi connectivity index (χ2n) is 5.44. The average molecular weight is 245 g/mol. The Morgan fingerprint density at radius 2 is 1.71 bits per heavy atom. The van der Waals surface area contributed by atoms with Crippen LogP contribution < -0.4 is 17.2 Å². The molecule has 2 unspecified atom stereocenters. The highest BCUT2D eigenvalue weighted by Crippen LogP contribution is 2.30. The Morgan fingerprint density at radius 3 is 2.12 bits per heavy atom. The molecule has 0 aromatic rings. The van der Waals surface area contributed by atoms with Crippen LogP contribution in [0.5, 0.6) is 0 Å². The largest absolute Gasteiger partial charge is 0.348 e. The lowest BCUT2D eigenvalue weighted by atomic mass is 9.79. The van der Waals surface area contributed by atoms with E-state index in [0.29, 0.717) is 12.5 Å². The van der Waals surface area contributed by atoms with Crippen molar-refractivity contribution in [1.82, 2.24) is 0 Å². The lowest BCUT2D eigenvalue weighted by Crippen LogP contribution is -2.65. The van der Waals surface area contributed by atoms with Crippen LogP contribution in [0.4, 0.5) is 0 Å². The molecule has 5 nitrogen and oxygen atoms in total. The zero-order chi connectivity index (χ0) is 13.2. The molecule has 17 heavy (non-hydrogen) atoms. The van der Waals surface area contributed by atoms with Gasteiger partial charge in [-0.3, -0.25) is 0 Å². The third-order valence-corrected chi connectivity index (χ3v) is 3.35. The lowest BCUT2D eigenvalue weighted by Gasteiger charge is -2.46. The van der Waals surface area contributed by atoms with Crippen molar-refractivity contribution in [3.05, 3.63) is 0 Å². The second kappa shape index (κ2) is 6.11. The van der Waals surface area contributed by atoms with Crippen molar-refractivity contribution >= 4 is 0 Å². The van der Waals surface area contributed by atoms with Crippen LogP contribution in [-0.2, 0) is 9.47 Å². The first-order chi connectivity index (χ1) is 7.88. The SMILES string of the molecule is CC(C)O[C@@H]1OC(CN)[C@H](C(C)C)C(N)[C@H]1N. The molecule has 6 N–H and O–H groups in total. The van der Waals surface area contributed by atoms with Gasteiger partial charge in [0, 0.05) is 18.5 Å². The minimum absolute atomic E-state index is 0.0623. The average Bonchev–Trinajstić information content (AvgIpc) is 2.23. The van der Waals surface area contributed by atoms with Crippen LogP contribution in [-0.4, -0.2) is 37.1 Å². The summed E-state index contributed by atoms with van der Waals surface area (Å²) in [5, 5.41) is 0. The van der Waals surface area contributed by atoms with Gasteiger partial charge < -0.3 is 26.7 Å². The molecule has 1 aliphatic rings. The van der Waals surface area contributed by atoms with E-state index in [1.54, 1.807) is 0 Å². The van der Waals surface area contributed by atoms with Gasteiger partial charge in [-0.15, -0.1) is 0 Å². The molecule has 0 aliphatic carbocycles. The van der Waals surface area contributed by atoms with Gasteiger partial charge in [0.15, 0.2) is 6.29 Å². The van der Waals surface area contributed by atoms with E-state index in [0.717, 1.165) is 0 Å². The maximum Gasteiger partial charge on any atom is 0.174 e. The quantitative estimate of drug-likeness (QED) is 0.649. The van der Waals surface area contributed by atoms with Gasteiger partial charge in [0.2, 0.25) is 0 Å². The summed E-state index contributed by atoms with van der Waals surface area (Å²) in [7, 11) is 0. The standard InChI is InChI=1S/C12H27N3O2/c1-6(2)9-8(5-13)17-12(16-7(3)4)11(15)10(9)14/h6-12H,5,13-15H2,1-4H3/t8?,9-,10?,11+,12+/m0/s1. The van der Waals surface area contributed by atoms with Gasteiger partial charge in [0.25, 0.3) is 0 Å². The summed E-state index contributed by atoms with van der Waals surface area (Å²) in [6.45, 7) is 8.59. The van der Waals surface area contributed by atoms with E-state index in [9.17, 15) is 0 Å². The Balaban J connectivity index is 2.78. The van der Waals surface area contributed by atoms with Crippen molar-refractivity contribution in [2.45, 2.75) is 58.3 Å². The summed E-state index contributed by atoms with van der Waals surface area (Å²) in [5.74, 6) is 0.576. The summed E-state index contributed by atoms with van der Waals surface area (Å²) < 4.78 is 11.5. The highest BCUT2D eigenvalue weighted by molar-refractivity contribution is 4.95. The molecule has 1 aliphatic heterocycles. The van der Waals surface area contributed by atoms with Gasteiger partial charge in [-0.05, 0) is 19.8 Å². The van der Waals surface area contributed by atoms with Crippen LogP contribution in [0.1, 0.15) is 27.7 Å². The first-order valence-corrected chi connectivity index (χ1v) is 6.40. The number of nitrogens with two attached hydrogens (primary N) is 3. The van der Waals surface area contributed by atoms with Crippen LogP contribution in [0.15, 0.2) is 0 Å². The topological polar surface area (TPSA) is 96.5 Å². The Morgan fingerprint density at radius 1 is 1.12 bits per heavy atom. The first kappa shape index (κ1) is 14.9. The van der Waals surface area contributed by atoms with Crippen LogP contribution in [0.25, 0.3) is 0 Å². The fourth-order valence-electron chi connectivity index (χ4n) is 2.52. The van der Waals surface area contributed by atoms with Gasteiger partial charge >= 0.3 is 0 Å². The fraction of sp³-hybridized carbons (Fsp3) is 1.00. The number of ether oxygens (including phenoxy) is 2. The van der Waals surface area contributed by atoms with Crippen molar-refractivity contribution in [1.29, 1.82) is 0 Å². The molecule has 0 aromatic carbocycles. The van der Waals surface area contributed by atoms with Gasteiger partial charge in [-0.2, -0.15) is 0 Å². The maximum atomic E-state index is 6.21. The molecule has 1 saturated heterocycles. The molecule has 5 heteroatoms. The van der Waals surface area contributed by atoms with E-state index >= 15 is 0 Å². The highest BCUT2D eigenvalue weighted by Gasteiger charge is 2.43. The molecular weight excluding hydrogens is 218 g/mol. The van der Waals surface area contributed by atoms with Crippen molar-refractivity contribution in [3.8, 4) is 0 Å². The lowest BCUT2D eigenvalue weighted by molar-refractivity contribution is -0.237. The molecule has 0 aromatic heterocycles. The number of hydrogen-bond donors (Lipinski definition) is 3. The Labute approximate surface area is 104 Å². The smallest absolute Gasteiger partial charge is 0.174 e. The summed E-state index contributed by atoms with van der Waals surface area (Å²) >= 11 is 0. The number of rotatable bonds is 4. The zero-order valence-corrected chi connectivity index (χ0v) is 11.3. The fourth-order valence-corrected chi connectivity index (χ4v) is 2.52. The molecule has 0 spiro atoms. The molecule has 1 fully saturated rings. The predicted molar refractivity (Wildman–Crippen MR) is 68.2 cm³/mol. The van der Waals surface area contributed by atoms with E-state index in [1.165, 1.54) is 0 Å². The molecule has 1 heterocycles. The summed E-state index contributed by atoms with van der Waals surface area (Å²) in [4.78, 5) is 0. The van der Waals surface area contributed by atoms with E-state index in [4.69, 9.17) is 26.7 Å². The third-order valence-electron chi connectivity index (χ3n) is 3.35. The van der Waals surface area contributed by atoms with E-state index < -0.39 is 6.29 Å². The monoisotopic (exact) mass is 245 g/mol. The van der Waals surface area contributed by atoms with Crippen LogP contribution in [0, 0.1) is 11.8 Å². The summed E-state index contributed by atoms with van der Waals surface area (Å²) in [6.07, 6.45) is -0.464. The Bertz CT molecular complexity index is 232. The van der Waals surface area contributed by atoms with Crippen LogP contribution >= 0.6 is 0 Å². The molecule has 0 radical (unpaired) electrons. The molecule has 102 valence electrons. The van der Waals surface area contributed by atoms with Crippen LogP contribution in [0.2, 0.25) is 0 Å². The third kappa shape index (κ3) is 3.39. The number of hydrogen-bond acceptors (Lipinski definition) is 5. The van der Waals surface area contributed by atoms with Gasteiger partial charge in [-0.1, -0.05) is 13.8 Å².